The van der Waals surface area contributed by atoms with E-state index in [4.69, 9.17) is 15.2 Å². The van der Waals surface area contributed by atoms with Crippen LogP contribution in [0.5, 0.6) is 11.5 Å². The maximum absolute atomic E-state index is 12.1. The van der Waals surface area contributed by atoms with Crippen LogP contribution in [0.1, 0.15) is 39.2 Å². The number of amides is 1. The zero-order chi connectivity index (χ0) is 17.5. The van der Waals surface area contributed by atoms with E-state index in [0.29, 0.717) is 18.9 Å². The van der Waals surface area contributed by atoms with Crippen molar-refractivity contribution in [2.75, 3.05) is 20.8 Å². The zero-order valence-electron chi connectivity index (χ0n) is 14.9. The van der Waals surface area contributed by atoms with Gasteiger partial charge < -0.3 is 20.5 Å². The molecular weight excluding hydrogens is 292 g/mol. The third kappa shape index (κ3) is 5.75. The van der Waals surface area contributed by atoms with Crippen molar-refractivity contribution in [1.82, 2.24) is 5.32 Å². The number of benzene rings is 1. The van der Waals surface area contributed by atoms with Gasteiger partial charge in [-0.3, -0.25) is 4.79 Å². The summed E-state index contributed by atoms with van der Waals surface area (Å²) in [6.45, 7) is 6.51. The van der Waals surface area contributed by atoms with Crippen molar-refractivity contribution in [1.29, 1.82) is 0 Å². The number of nitrogens with two attached hydrogens (primary N) is 1. The Hall–Kier alpha value is -1.75. The van der Waals surface area contributed by atoms with Gasteiger partial charge in [-0.25, -0.2) is 0 Å². The van der Waals surface area contributed by atoms with Crippen LogP contribution in [0.4, 0.5) is 0 Å². The summed E-state index contributed by atoms with van der Waals surface area (Å²) in [7, 11) is 3.25. The molecule has 1 amide bonds. The largest absolute Gasteiger partial charge is 0.493 e. The predicted octanol–water partition coefficient (Wildman–Crippen LogP) is 2.52. The third-order valence-electron chi connectivity index (χ3n) is 3.93. The van der Waals surface area contributed by atoms with E-state index in [1.54, 1.807) is 21.1 Å². The van der Waals surface area contributed by atoms with Gasteiger partial charge in [0.15, 0.2) is 11.5 Å². The first-order valence-electron chi connectivity index (χ1n) is 8.12. The van der Waals surface area contributed by atoms with E-state index < -0.39 is 5.54 Å². The molecule has 0 saturated carbocycles. The number of methoxy groups -OCH3 is 2. The van der Waals surface area contributed by atoms with E-state index in [-0.39, 0.29) is 5.91 Å². The van der Waals surface area contributed by atoms with Crippen LogP contribution in [-0.4, -0.2) is 32.2 Å². The van der Waals surface area contributed by atoms with E-state index in [1.807, 2.05) is 25.1 Å². The van der Waals surface area contributed by atoms with Crippen LogP contribution in [0, 0.1) is 5.92 Å². The van der Waals surface area contributed by atoms with E-state index in [2.05, 4.69) is 12.2 Å². The number of ether oxygens (including phenoxy) is 2. The van der Waals surface area contributed by atoms with Crippen LogP contribution < -0.4 is 20.5 Å². The Morgan fingerprint density at radius 1 is 1.30 bits per heavy atom. The molecule has 130 valence electrons. The van der Waals surface area contributed by atoms with Crippen LogP contribution >= 0.6 is 0 Å². The minimum atomic E-state index is -0.794. The van der Waals surface area contributed by atoms with E-state index in [9.17, 15) is 4.79 Å². The fourth-order valence-electron chi connectivity index (χ4n) is 2.58. The average molecular weight is 322 g/mol. The molecule has 0 bridgehead atoms. The standard InChI is InChI=1S/C18H30N2O3/c1-6-9-18(3,19)17(21)20-12-13(2)10-14-7-8-15(22-4)16(11-14)23-5/h7-8,11,13H,6,9-10,12,19H2,1-5H3,(H,20,21). The summed E-state index contributed by atoms with van der Waals surface area (Å²) in [6.07, 6.45) is 2.42. The molecule has 1 aromatic rings. The lowest BCUT2D eigenvalue weighted by atomic mass is 9.95. The van der Waals surface area contributed by atoms with Gasteiger partial charge in [-0.15, -0.1) is 0 Å². The highest BCUT2D eigenvalue weighted by atomic mass is 16.5. The lowest BCUT2D eigenvalue weighted by Crippen LogP contribution is -2.52. The summed E-state index contributed by atoms with van der Waals surface area (Å²) in [5.74, 6) is 1.65. The second-order valence-corrected chi connectivity index (χ2v) is 6.38. The molecule has 1 rings (SSSR count). The highest BCUT2D eigenvalue weighted by Crippen LogP contribution is 2.28. The number of hydrogen-bond donors (Lipinski definition) is 2. The molecule has 0 saturated heterocycles. The Morgan fingerprint density at radius 2 is 1.96 bits per heavy atom. The molecule has 2 unspecified atom stereocenters. The molecule has 0 heterocycles. The van der Waals surface area contributed by atoms with Gasteiger partial charge in [-0.2, -0.15) is 0 Å². The fraction of sp³-hybridized carbons (Fsp3) is 0.611. The van der Waals surface area contributed by atoms with Crippen LogP contribution in [0.25, 0.3) is 0 Å². The first-order chi connectivity index (χ1) is 10.8. The first-order valence-corrected chi connectivity index (χ1v) is 8.12. The van der Waals surface area contributed by atoms with Crippen LogP contribution in [0.15, 0.2) is 18.2 Å². The normalized spacial score (nSPS) is 14.7. The highest BCUT2D eigenvalue weighted by Gasteiger charge is 2.27. The zero-order valence-corrected chi connectivity index (χ0v) is 14.9. The molecule has 0 aliphatic rings. The van der Waals surface area contributed by atoms with Crippen molar-refractivity contribution in [3.63, 3.8) is 0 Å². The lowest BCUT2D eigenvalue weighted by molar-refractivity contribution is -0.126. The second-order valence-electron chi connectivity index (χ2n) is 6.38. The van der Waals surface area contributed by atoms with Crippen molar-refractivity contribution in [3.8, 4) is 11.5 Å². The lowest BCUT2D eigenvalue weighted by Gasteiger charge is -2.24. The maximum atomic E-state index is 12.1. The monoisotopic (exact) mass is 322 g/mol. The maximum Gasteiger partial charge on any atom is 0.239 e. The molecule has 0 spiro atoms. The fourth-order valence-corrected chi connectivity index (χ4v) is 2.58. The summed E-state index contributed by atoms with van der Waals surface area (Å²) in [5.41, 5.74) is 6.39. The molecule has 0 aromatic heterocycles. The summed E-state index contributed by atoms with van der Waals surface area (Å²) in [4.78, 5) is 12.1. The molecule has 1 aromatic carbocycles. The van der Waals surface area contributed by atoms with Crippen molar-refractivity contribution in [2.45, 2.75) is 45.6 Å². The van der Waals surface area contributed by atoms with Crippen LogP contribution in [0.3, 0.4) is 0 Å². The van der Waals surface area contributed by atoms with Gasteiger partial charge in [-0.1, -0.05) is 26.3 Å². The molecule has 5 nitrogen and oxygen atoms in total. The Morgan fingerprint density at radius 3 is 2.52 bits per heavy atom. The van der Waals surface area contributed by atoms with Gasteiger partial charge in [0.25, 0.3) is 0 Å². The molecule has 0 radical (unpaired) electrons. The summed E-state index contributed by atoms with van der Waals surface area (Å²) in [5, 5.41) is 2.96. The minimum Gasteiger partial charge on any atom is -0.493 e. The van der Waals surface area contributed by atoms with Crippen molar-refractivity contribution in [3.05, 3.63) is 23.8 Å². The van der Waals surface area contributed by atoms with Crippen molar-refractivity contribution >= 4 is 5.91 Å². The number of rotatable bonds is 9. The van der Waals surface area contributed by atoms with Gasteiger partial charge in [0.2, 0.25) is 5.91 Å². The number of carbonyl (C=O) groups excluding carboxylic acids is 1. The number of nitrogens with one attached hydrogen (secondary N) is 1. The smallest absolute Gasteiger partial charge is 0.239 e. The van der Waals surface area contributed by atoms with Crippen molar-refractivity contribution < 1.29 is 14.3 Å². The highest BCUT2D eigenvalue weighted by molar-refractivity contribution is 5.85. The molecule has 0 fully saturated rings. The van der Waals surface area contributed by atoms with Crippen molar-refractivity contribution in [2.24, 2.45) is 11.7 Å². The molecule has 0 aliphatic carbocycles. The van der Waals surface area contributed by atoms with Gasteiger partial charge >= 0.3 is 0 Å². The van der Waals surface area contributed by atoms with E-state index in [0.717, 1.165) is 29.9 Å². The molecule has 3 N–H and O–H groups in total. The van der Waals surface area contributed by atoms with Crippen LogP contribution in [0.2, 0.25) is 0 Å². The molecular formula is C18H30N2O3. The van der Waals surface area contributed by atoms with E-state index >= 15 is 0 Å². The van der Waals surface area contributed by atoms with E-state index in [1.165, 1.54) is 0 Å². The first kappa shape index (κ1) is 19.3. The Labute approximate surface area is 139 Å². The molecule has 2 atom stereocenters. The summed E-state index contributed by atoms with van der Waals surface area (Å²) >= 11 is 0. The molecule has 0 aliphatic heterocycles. The Balaban J connectivity index is 2.57. The third-order valence-corrected chi connectivity index (χ3v) is 3.93. The van der Waals surface area contributed by atoms with Gasteiger partial charge in [0, 0.05) is 6.54 Å². The molecule has 5 heteroatoms. The summed E-state index contributed by atoms with van der Waals surface area (Å²) < 4.78 is 10.6. The second kappa shape index (κ2) is 8.77. The average Bonchev–Trinajstić information content (AvgIpc) is 2.52. The minimum absolute atomic E-state index is 0.0847. The summed E-state index contributed by atoms with van der Waals surface area (Å²) in [6, 6.07) is 5.89. The van der Waals surface area contributed by atoms with Crippen LogP contribution in [-0.2, 0) is 11.2 Å². The predicted molar refractivity (Wildman–Crippen MR) is 92.9 cm³/mol. The van der Waals surface area contributed by atoms with Gasteiger partial charge in [-0.05, 0) is 43.4 Å². The molecule has 23 heavy (non-hydrogen) atoms. The SMILES string of the molecule is CCCC(C)(N)C(=O)NCC(C)Cc1ccc(OC)c(OC)c1. The Kier molecular flexibility index (Phi) is 7.36. The number of hydrogen-bond acceptors (Lipinski definition) is 4. The quantitative estimate of drug-likeness (QED) is 0.732. The topological polar surface area (TPSA) is 73.6 Å². The Bertz CT molecular complexity index is 515. The van der Waals surface area contributed by atoms with Gasteiger partial charge in [0.05, 0.1) is 19.8 Å². The number of carbonyl (C=O) groups is 1. The van der Waals surface area contributed by atoms with Gasteiger partial charge in [0.1, 0.15) is 0 Å².